The van der Waals surface area contributed by atoms with E-state index in [2.05, 4.69) is 34.5 Å². The van der Waals surface area contributed by atoms with Crippen LogP contribution in [0.5, 0.6) is 11.5 Å². The van der Waals surface area contributed by atoms with Crippen LogP contribution in [0.4, 0.5) is 5.69 Å². The summed E-state index contributed by atoms with van der Waals surface area (Å²) in [4.78, 5) is 15.0. The minimum Gasteiger partial charge on any atom is -0.497 e. The molecule has 0 aromatic heterocycles. The minimum atomic E-state index is -0.117. The van der Waals surface area contributed by atoms with Gasteiger partial charge in [-0.1, -0.05) is 30.3 Å². The van der Waals surface area contributed by atoms with E-state index in [1.165, 1.54) is 23.2 Å². The summed E-state index contributed by atoms with van der Waals surface area (Å²) in [6.45, 7) is 4.24. The molecule has 5 heteroatoms. The van der Waals surface area contributed by atoms with Crippen molar-refractivity contribution in [2.75, 3.05) is 25.2 Å². The van der Waals surface area contributed by atoms with Gasteiger partial charge in [0, 0.05) is 24.3 Å². The molecule has 0 saturated heterocycles. The number of nitrogens with zero attached hydrogens (tertiary/aromatic N) is 1. The molecule has 3 aromatic carbocycles. The number of ether oxygens (including phenoxy) is 2. The number of methoxy groups -OCH3 is 1. The predicted octanol–water partition coefficient (Wildman–Crippen LogP) is 4.85. The van der Waals surface area contributed by atoms with E-state index < -0.39 is 0 Å². The van der Waals surface area contributed by atoms with Crippen LogP contribution in [0, 0.1) is 0 Å². The summed E-state index contributed by atoms with van der Waals surface area (Å²) in [6.07, 6.45) is 2.32. The molecule has 1 heterocycles. The van der Waals surface area contributed by atoms with Crippen molar-refractivity contribution in [3.05, 3.63) is 89.5 Å². The van der Waals surface area contributed by atoms with E-state index in [0.29, 0.717) is 12.2 Å². The fraction of sp³-hybridized carbons (Fsp3) is 0.296. The maximum absolute atomic E-state index is 12.6. The van der Waals surface area contributed by atoms with Gasteiger partial charge in [0.05, 0.1) is 13.2 Å². The number of aryl methyl sites for hydroxylation is 1. The zero-order valence-electron chi connectivity index (χ0n) is 18.7. The fourth-order valence-corrected chi connectivity index (χ4v) is 4.00. The monoisotopic (exact) mass is 430 g/mol. The first kappa shape index (κ1) is 21.8. The van der Waals surface area contributed by atoms with Crippen LogP contribution in [0.1, 0.15) is 34.8 Å². The van der Waals surface area contributed by atoms with Crippen LogP contribution in [0.25, 0.3) is 0 Å². The topological polar surface area (TPSA) is 50.8 Å². The van der Waals surface area contributed by atoms with Crippen molar-refractivity contribution in [3.8, 4) is 11.5 Å². The van der Waals surface area contributed by atoms with E-state index in [0.717, 1.165) is 31.0 Å². The molecule has 1 aliphatic heterocycles. The lowest BCUT2D eigenvalue weighted by atomic mass is 10.0. The number of hydrogen-bond acceptors (Lipinski definition) is 4. The van der Waals surface area contributed by atoms with E-state index in [1.807, 2.05) is 55.5 Å². The Morgan fingerprint density at radius 2 is 1.72 bits per heavy atom. The van der Waals surface area contributed by atoms with Gasteiger partial charge in [0.2, 0.25) is 0 Å². The Balaban J connectivity index is 1.29. The van der Waals surface area contributed by atoms with Crippen LogP contribution in [0.15, 0.2) is 72.8 Å². The first-order valence-electron chi connectivity index (χ1n) is 11.1. The number of rotatable bonds is 8. The number of fused-ring (bicyclic) bond motifs is 1. The van der Waals surface area contributed by atoms with Crippen molar-refractivity contribution in [1.29, 1.82) is 0 Å². The highest BCUT2D eigenvalue weighted by Crippen LogP contribution is 2.28. The first-order chi connectivity index (χ1) is 15.6. The summed E-state index contributed by atoms with van der Waals surface area (Å²) in [5.74, 6) is 1.44. The predicted molar refractivity (Wildman–Crippen MR) is 128 cm³/mol. The summed E-state index contributed by atoms with van der Waals surface area (Å²) in [7, 11) is 1.63. The van der Waals surface area contributed by atoms with Crippen molar-refractivity contribution in [2.24, 2.45) is 0 Å². The van der Waals surface area contributed by atoms with Crippen LogP contribution in [0.3, 0.4) is 0 Å². The zero-order valence-corrected chi connectivity index (χ0v) is 18.7. The Labute approximate surface area is 190 Å². The number of hydrogen-bond donors (Lipinski definition) is 1. The van der Waals surface area contributed by atoms with Crippen LogP contribution < -0.4 is 19.7 Å². The molecular weight excluding hydrogens is 400 g/mol. The molecule has 0 radical (unpaired) electrons. The average molecular weight is 431 g/mol. The Bertz CT molecular complexity index is 1030. The number of carbonyl (C=O) groups excluding carboxylic acids is 1. The third-order valence-electron chi connectivity index (χ3n) is 5.73. The summed E-state index contributed by atoms with van der Waals surface area (Å²) < 4.78 is 10.9. The summed E-state index contributed by atoms with van der Waals surface area (Å²) in [6, 6.07) is 23.8. The fourth-order valence-electron chi connectivity index (χ4n) is 4.00. The van der Waals surface area contributed by atoms with Crippen molar-refractivity contribution in [2.45, 2.75) is 32.4 Å². The van der Waals surface area contributed by atoms with Crippen LogP contribution in [0.2, 0.25) is 0 Å². The quantitative estimate of drug-likeness (QED) is 0.555. The van der Waals surface area contributed by atoms with Gasteiger partial charge >= 0.3 is 0 Å². The molecule has 1 aliphatic rings. The lowest BCUT2D eigenvalue weighted by molar-refractivity contribution is 0.0926. The third kappa shape index (κ3) is 5.41. The number of anilines is 1. The highest BCUT2D eigenvalue weighted by Gasteiger charge is 2.17. The standard InChI is InChI=1S/C27H30N2O3/c1-20(19-32-25-15-13-24(31-2)14-16-25)28-27(30)23-11-9-21(10-12-23)18-29-17-5-7-22-6-3-4-8-26(22)29/h3-4,6,8-16,20H,5,7,17-19H2,1-2H3,(H,28,30). The molecule has 3 aromatic rings. The number of nitrogens with one attached hydrogen (secondary N) is 1. The van der Waals surface area contributed by atoms with Crippen molar-refractivity contribution in [1.82, 2.24) is 5.32 Å². The van der Waals surface area contributed by atoms with Crippen molar-refractivity contribution in [3.63, 3.8) is 0 Å². The smallest absolute Gasteiger partial charge is 0.251 e. The molecule has 0 fully saturated rings. The molecule has 166 valence electrons. The maximum atomic E-state index is 12.6. The van der Waals surface area contributed by atoms with E-state index >= 15 is 0 Å². The average Bonchev–Trinajstić information content (AvgIpc) is 2.84. The second-order valence-corrected chi connectivity index (χ2v) is 8.21. The number of amides is 1. The second kappa shape index (κ2) is 10.2. The van der Waals surface area contributed by atoms with Crippen molar-refractivity contribution >= 4 is 11.6 Å². The lowest BCUT2D eigenvalue weighted by Gasteiger charge is -2.31. The largest absolute Gasteiger partial charge is 0.497 e. The molecule has 1 atom stereocenters. The van der Waals surface area contributed by atoms with E-state index in [9.17, 15) is 4.79 Å². The van der Waals surface area contributed by atoms with Gasteiger partial charge < -0.3 is 19.7 Å². The summed E-state index contributed by atoms with van der Waals surface area (Å²) in [5.41, 5.74) is 4.60. The van der Waals surface area contributed by atoms with Gasteiger partial charge in [0.15, 0.2) is 0 Å². The first-order valence-corrected chi connectivity index (χ1v) is 11.1. The van der Waals surface area contributed by atoms with Crippen LogP contribution in [-0.4, -0.2) is 32.2 Å². The Hall–Kier alpha value is -3.47. The normalized spacial score (nSPS) is 13.8. The Morgan fingerprint density at radius 1 is 1.00 bits per heavy atom. The lowest BCUT2D eigenvalue weighted by Crippen LogP contribution is -2.36. The number of carbonyl (C=O) groups is 1. The zero-order chi connectivity index (χ0) is 22.3. The maximum Gasteiger partial charge on any atom is 0.251 e. The van der Waals surface area contributed by atoms with Crippen molar-refractivity contribution < 1.29 is 14.3 Å². The van der Waals surface area contributed by atoms with Crippen LogP contribution >= 0.6 is 0 Å². The number of para-hydroxylation sites is 1. The van der Waals surface area contributed by atoms with Gasteiger partial charge in [-0.3, -0.25) is 4.79 Å². The molecule has 32 heavy (non-hydrogen) atoms. The van der Waals surface area contributed by atoms with E-state index in [-0.39, 0.29) is 11.9 Å². The van der Waals surface area contributed by atoms with E-state index in [4.69, 9.17) is 9.47 Å². The molecule has 0 aliphatic carbocycles. The number of benzene rings is 3. The molecule has 1 amide bonds. The summed E-state index contributed by atoms with van der Waals surface area (Å²) in [5, 5.41) is 3.00. The van der Waals surface area contributed by atoms with Crippen LogP contribution in [-0.2, 0) is 13.0 Å². The SMILES string of the molecule is COc1ccc(OCC(C)NC(=O)c2ccc(CN3CCCc4ccccc43)cc2)cc1. The minimum absolute atomic E-state index is 0.0919. The summed E-state index contributed by atoms with van der Waals surface area (Å²) >= 11 is 0. The highest BCUT2D eigenvalue weighted by atomic mass is 16.5. The third-order valence-corrected chi connectivity index (χ3v) is 5.73. The Morgan fingerprint density at radius 3 is 2.47 bits per heavy atom. The molecule has 5 nitrogen and oxygen atoms in total. The van der Waals surface area contributed by atoms with Gasteiger partial charge in [0.25, 0.3) is 5.91 Å². The highest BCUT2D eigenvalue weighted by molar-refractivity contribution is 5.94. The molecule has 1 unspecified atom stereocenters. The Kier molecular flexibility index (Phi) is 6.95. The van der Waals surface area contributed by atoms with Gasteiger partial charge in [-0.15, -0.1) is 0 Å². The molecular formula is C27H30N2O3. The van der Waals surface area contributed by atoms with Gasteiger partial charge in [-0.2, -0.15) is 0 Å². The van der Waals surface area contributed by atoms with Gasteiger partial charge in [-0.05, 0) is 73.4 Å². The molecule has 0 saturated carbocycles. The molecule has 0 bridgehead atoms. The molecule has 0 spiro atoms. The van der Waals surface area contributed by atoms with E-state index in [1.54, 1.807) is 7.11 Å². The molecule has 4 rings (SSSR count). The van der Waals surface area contributed by atoms with Gasteiger partial charge in [0.1, 0.15) is 18.1 Å². The molecule has 1 N–H and O–H groups in total. The van der Waals surface area contributed by atoms with Gasteiger partial charge in [-0.25, -0.2) is 0 Å². The second-order valence-electron chi connectivity index (χ2n) is 8.21.